The molecule has 0 aliphatic rings. The summed E-state index contributed by atoms with van der Waals surface area (Å²) in [6.07, 6.45) is 0. The molecule has 1 atom stereocenters. The molecule has 1 aromatic carbocycles. The third-order valence-electron chi connectivity index (χ3n) is 2.68. The molecule has 1 rings (SSSR count). The van der Waals surface area contributed by atoms with E-state index in [0.717, 1.165) is 0 Å². The van der Waals surface area contributed by atoms with Gasteiger partial charge in [-0.15, -0.1) is 0 Å². The van der Waals surface area contributed by atoms with Gasteiger partial charge in [-0.05, 0) is 38.1 Å². The van der Waals surface area contributed by atoms with Crippen molar-refractivity contribution in [1.82, 2.24) is 0 Å². The van der Waals surface area contributed by atoms with E-state index in [4.69, 9.17) is 13.8 Å². The highest BCUT2D eigenvalue weighted by Gasteiger charge is 2.41. The Hall–Kier alpha value is -1.67. The van der Waals surface area contributed by atoms with Gasteiger partial charge in [-0.2, -0.15) is 5.26 Å². The lowest BCUT2D eigenvalue weighted by molar-refractivity contribution is 0.0985. The van der Waals surface area contributed by atoms with E-state index in [9.17, 15) is 14.6 Å². The number of rotatable bonds is 8. The van der Waals surface area contributed by atoms with Crippen molar-refractivity contribution in [2.24, 2.45) is 0 Å². The number of nitriles is 1. The van der Waals surface area contributed by atoms with Crippen molar-refractivity contribution in [2.75, 3.05) is 20.3 Å². The molecule has 0 N–H and O–H groups in total. The van der Waals surface area contributed by atoms with Gasteiger partial charge >= 0.3 is 7.60 Å². The lowest BCUT2D eigenvalue weighted by Gasteiger charge is -2.20. The van der Waals surface area contributed by atoms with Gasteiger partial charge in [0.15, 0.2) is 5.78 Å². The monoisotopic (exact) mass is 311 g/mol. The van der Waals surface area contributed by atoms with E-state index in [-0.39, 0.29) is 18.8 Å². The molecule has 21 heavy (non-hydrogen) atoms. The zero-order valence-electron chi connectivity index (χ0n) is 12.2. The summed E-state index contributed by atoms with van der Waals surface area (Å²) in [4.78, 5) is 12.4. The summed E-state index contributed by atoms with van der Waals surface area (Å²) in [6.45, 7) is 3.42. The van der Waals surface area contributed by atoms with E-state index >= 15 is 0 Å². The van der Waals surface area contributed by atoms with Crippen LogP contribution in [0.25, 0.3) is 0 Å². The molecule has 1 unspecified atom stereocenters. The van der Waals surface area contributed by atoms with Gasteiger partial charge in [0.1, 0.15) is 5.75 Å². The van der Waals surface area contributed by atoms with Gasteiger partial charge in [0.2, 0.25) is 5.66 Å². The van der Waals surface area contributed by atoms with Crippen LogP contribution in [0.4, 0.5) is 0 Å². The average molecular weight is 311 g/mol. The Balaban J connectivity index is 3.09. The average Bonchev–Trinajstić information content (AvgIpc) is 2.48. The molecule has 0 fully saturated rings. The lowest BCUT2D eigenvalue weighted by Crippen LogP contribution is -2.22. The number of methoxy groups -OCH3 is 1. The Labute approximate surface area is 124 Å². The number of hydrogen-bond acceptors (Lipinski definition) is 6. The molecule has 0 amide bonds. The van der Waals surface area contributed by atoms with Crippen LogP contribution in [0.15, 0.2) is 24.3 Å². The summed E-state index contributed by atoms with van der Waals surface area (Å²) < 4.78 is 27.7. The van der Waals surface area contributed by atoms with E-state index < -0.39 is 19.0 Å². The molecule has 0 saturated heterocycles. The number of benzene rings is 1. The van der Waals surface area contributed by atoms with Gasteiger partial charge in [-0.3, -0.25) is 9.36 Å². The van der Waals surface area contributed by atoms with E-state index in [0.29, 0.717) is 5.75 Å². The zero-order chi connectivity index (χ0) is 15.9. The van der Waals surface area contributed by atoms with Crippen molar-refractivity contribution in [2.45, 2.75) is 19.5 Å². The molecule has 1 aromatic rings. The number of carbonyl (C=O) groups excluding carboxylic acids is 1. The second-order valence-corrected chi connectivity index (χ2v) is 6.11. The van der Waals surface area contributed by atoms with Crippen LogP contribution >= 0.6 is 7.60 Å². The van der Waals surface area contributed by atoms with Gasteiger partial charge < -0.3 is 13.8 Å². The summed E-state index contributed by atoms with van der Waals surface area (Å²) in [7, 11) is -2.30. The first-order chi connectivity index (χ1) is 10.0. The molecule has 0 saturated carbocycles. The van der Waals surface area contributed by atoms with Crippen LogP contribution < -0.4 is 4.74 Å². The minimum atomic E-state index is -3.81. The molecular formula is C14H18NO5P. The highest BCUT2D eigenvalue weighted by Crippen LogP contribution is 2.53. The predicted octanol–water partition coefficient (Wildman–Crippen LogP) is 3.04. The van der Waals surface area contributed by atoms with Crippen LogP contribution in [0.5, 0.6) is 5.75 Å². The second-order valence-electron chi connectivity index (χ2n) is 4.00. The molecule has 0 heterocycles. The highest BCUT2D eigenvalue weighted by molar-refractivity contribution is 7.56. The standard InChI is InChI=1S/C14H18NO5P/c1-4-19-21(17,20-5-2)13(10-15)14(16)11-6-8-12(18-3)9-7-11/h6-9,13H,4-5H2,1-3H3. The van der Waals surface area contributed by atoms with Gasteiger partial charge in [-0.25, -0.2) is 0 Å². The number of ketones is 1. The van der Waals surface area contributed by atoms with Crippen molar-refractivity contribution in [3.05, 3.63) is 29.8 Å². The number of Topliss-reactive ketones (excluding diaryl/α,β-unsaturated/α-hetero) is 1. The summed E-state index contributed by atoms with van der Waals surface area (Å²) in [5.41, 5.74) is -1.23. The van der Waals surface area contributed by atoms with E-state index in [1.165, 1.54) is 19.2 Å². The molecular weight excluding hydrogens is 293 g/mol. The molecule has 0 bridgehead atoms. The Bertz CT molecular complexity index is 554. The number of carbonyl (C=O) groups is 1. The summed E-state index contributed by atoms with van der Waals surface area (Å²) in [5, 5.41) is 9.22. The van der Waals surface area contributed by atoms with Gasteiger partial charge in [-0.1, -0.05) is 0 Å². The third-order valence-corrected chi connectivity index (χ3v) is 4.90. The van der Waals surface area contributed by atoms with Crippen LogP contribution in [-0.2, 0) is 13.6 Å². The molecule has 0 aliphatic heterocycles. The topological polar surface area (TPSA) is 85.6 Å². The Morgan fingerprint density at radius 3 is 2.14 bits per heavy atom. The Morgan fingerprint density at radius 1 is 1.24 bits per heavy atom. The molecule has 0 radical (unpaired) electrons. The minimum absolute atomic E-state index is 0.0886. The molecule has 0 spiro atoms. The van der Waals surface area contributed by atoms with Crippen molar-refractivity contribution < 1.29 is 23.1 Å². The minimum Gasteiger partial charge on any atom is -0.497 e. The largest absolute Gasteiger partial charge is 0.497 e. The quantitative estimate of drug-likeness (QED) is 0.542. The van der Waals surface area contributed by atoms with E-state index in [1.807, 2.05) is 0 Å². The smallest absolute Gasteiger partial charge is 0.355 e. The summed E-state index contributed by atoms with van der Waals surface area (Å²) in [5.74, 6) is -0.0109. The molecule has 0 aromatic heterocycles. The van der Waals surface area contributed by atoms with E-state index in [1.54, 1.807) is 32.0 Å². The fourth-order valence-electron chi connectivity index (χ4n) is 1.73. The molecule has 114 valence electrons. The first-order valence-corrected chi connectivity index (χ1v) is 8.10. The third kappa shape index (κ3) is 4.15. The van der Waals surface area contributed by atoms with Crippen LogP contribution in [-0.4, -0.2) is 31.8 Å². The van der Waals surface area contributed by atoms with Crippen LogP contribution in [0.1, 0.15) is 24.2 Å². The maximum atomic E-state index is 12.6. The Kier molecular flexibility index (Phi) is 6.57. The predicted molar refractivity (Wildman–Crippen MR) is 77.6 cm³/mol. The number of ether oxygens (including phenoxy) is 1. The number of hydrogen-bond donors (Lipinski definition) is 0. The normalized spacial score (nSPS) is 12.5. The first kappa shape index (κ1) is 17.4. The van der Waals surface area contributed by atoms with Crippen molar-refractivity contribution in [3.63, 3.8) is 0 Å². The van der Waals surface area contributed by atoms with Gasteiger partial charge in [0, 0.05) is 5.56 Å². The van der Waals surface area contributed by atoms with Crippen LogP contribution in [0.2, 0.25) is 0 Å². The first-order valence-electron chi connectivity index (χ1n) is 6.49. The Morgan fingerprint density at radius 2 is 1.76 bits per heavy atom. The van der Waals surface area contributed by atoms with Gasteiger partial charge in [0.25, 0.3) is 0 Å². The fourth-order valence-corrected chi connectivity index (χ4v) is 3.40. The second kappa shape index (κ2) is 7.94. The van der Waals surface area contributed by atoms with Crippen molar-refractivity contribution in [1.29, 1.82) is 5.26 Å². The molecule has 6 nitrogen and oxygen atoms in total. The fraction of sp³-hybridized carbons (Fsp3) is 0.429. The molecule has 0 aliphatic carbocycles. The maximum Gasteiger partial charge on any atom is 0.355 e. The van der Waals surface area contributed by atoms with Crippen molar-refractivity contribution >= 4 is 13.4 Å². The summed E-state index contributed by atoms with van der Waals surface area (Å²) in [6, 6.07) is 7.94. The van der Waals surface area contributed by atoms with E-state index in [2.05, 4.69) is 0 Å². The van der Waals surface area contributed by atoms with Crippen LogP contribution in [0, 0.1) is 11.3 Å². The maximum absolute atomic E-state index is 12.6. The van der Waals surface area contributed by atoms with Gasteiger partial charge in [0.05, 0.1) is 26.4 Å². The highest BCUT2D eigenvalue weighted by atomic mass is 31.2. The number of nitrogens with zero attached hydrogens (tertiary/aromatic N) is 1. The van der Waals surface area contributed by atoms with Crippen LogP contribution in [0.3, 0.4) is 0 Å². The summed E-state index contributed by atoms with van der Waals surface area (Å²) >= 11 is 0. The van der Waals surface area contributed by atoms with Crippen molar-refractivity contribution in [3.8, 4) is 11.8 Å². The SMILES string of the molecule is CCOP(=O)(OCC)C(C#N)C(=O)c1ccc(OC)cc1. The lowest BCUT2D eigenvalue weighted by atomic mass is 10.1. The zero-order valence-corrected chi connectivity index (χ0v) is 13.1. The molecule has 7 heteroatoms.